The highest BCUT2D eigenvalue weighted by Gasteiger charge is 2.20. The Morgan fingerprint density at radius 3 is 1.67 bits per heavy atom. The predicted molar refractivity (Wildman–Crippen MR) is 217 cm³/mol. The Morgan fingerprint density at radius 1 is 0.615 bits per heavy atom. The van der Waals surface area contributed by atoms with Crippen LogP contribution in [0, 0.1) is 0 Å². The van der Waals surface area contributed by atoms with Crippen molar-refractivity contribution in [2.45, 2.75) is 155 Å². The number of carbonyl (C=O) groups is 1. The standard InChI is InChI=1S/C43H78NO7P/c1-6-8-10-12-14-16-18-20-21-22-23-25-27-29-31-33-35-38-48-40-42(41-50-52(46,47)49-39-37-44(3,4)5)51-43(45)36-34-32-30-28-26-24-19-17-15-13-11-9-7-2/h9,11,15,17,21-22,24,26,30,32,42H,6-8,10,12-14,16,18-20,23,25,27-29,31,33-41H2,1-5H3/b11-9-,17-15-,22-21-,26-24-,32-30-. The first kappa shape index (κ1) is 50.2. The van der Waals surface area contributed by atoms with Crippen LogP contribution in [0.2, 0.25) is 0 Å². The number of unbranched alkanes of at least 4 members (excludes halogenated alkanes) is 13. The molecule has 0 saturated carbocycles. The van der Waals surface area contributed by atoms with Gasteiger partial charge in [-0.05, 0) is 64.2 Å². The van der Waals surface area contributed by atoms with Crippen LogP contribution in [0.5, 0.6) is 0 Å². The van der Waals surface area contributed by atoms with Gasteiger partial charge in [0, 0.05) is 13.0 Å². The van der Waals surface area contributed by atoms with Crippen LogP contribution in [0.4, 0.5) is 0 Å². The lowest BCUT2D eigenvalue weighted by Gasteiger charge is -2.28. The van der Waals surface area contributed by atoms with Gasteiger partial charge in [-0.3, -0.25) is 9.36 Å². The van der Waals surface area contributed by atoms with E-state index in [-0.39, 0.29) is 26.2 Å². The molecule has 0 fully saturated rings. The van der Waals surface area contributed by atoms with Crippen molar-refractivity contribution in [3.05, 3.63) is 60.8 Å². The van der Waals surface area contributed by atoms with Crippen LogP contribution in [-0.2, 0) is 27.9 Å². The molecule has 0 N–H and O–H groups in total. The Labute approximate surface area is 320 Å². The third kappa shape index (κ3) is 39.4. The smallest absolute Gasteiger partial charge is 0.306 e. The van der Waals surface area contributed by atoms with Crippen molar-refractivity contribution in [3.8, 4) is 0 Å². The fourth-order valence-corrected chi connectivity index (χ4v) is 5.87. The lowest BCUT2D eigenvalue weighted by molar-refractivity contribution is -0.870. The van der Waals surface area contributed by atoms with E-state index < -0.39 is 19.9 Å². The van der Waals surface area contributed by atoms with Crippen LogP contribution in [0.25, 0.3) is 0 Å². The Kier molecular flexibility index (Phi) is 34.9. The number of allylic oxidation sites excluding steroid dienone is 10. The van der Waals surface area contributed by atoms with Crippen molar-refractivity contribution in [2.24, 2.45) is 0 Å². The first-order valence-corrected chi connectivity index (χ1v) is 22.0. The highest BCUT2D eigenvalue weighted by atomic mass is 31.2. The monoisotopic (exact) mass is 752 g/mol. The van der Waals surface area contributed by atoms with E-state index in [2.05, 4.69) is 62.5 Å². The Bertz CT molecular complexity index is 1020. The van der Waals surface area contributed by atoms with Gasteiger partial charge in [0.15, 0.2) is 0 Å². The number of hydrogen-bond donors (Lipinski definition) is 0. The van der Waals surface area contributed by atoms with E-state index >= 15 is 0 Å². The minimum atomic E-state index is -4.54. The predicted octanol–water partition coefficient (Wildman–Crippen LogP) is 11.1. The third-order valence-corrected chi connectivity index (χ3v) is 9.28. The molecule has 0 spiro atoms. The molecule has 8 nitrogen and oxygen atoms in total. The molecule has 0 aliphatic rings. The average molecular weight is 752 g/mol. The third-order valence-electron chi connectivity index (χ3n) is 8.32. The number of hydrogen-bond acceptors (Lipinski definition) is 7. The molecule has 9 heteroatoms. The molecule has 2 unspecified atom stereocenters. The number of quaternary nitrogens is 1. The van der Waals surface area contributed by atoms with Crippen molar-refractivity contribution < 1.29 is 37.3 Å². The summed E-state index contributed by atoms with van der Waals surface area (Å²) in [6.45, 7) is 5.16. The van der Waals surface area contributed by atoms with Gasteiger partial charge in [0.05, 0.1) is 34.4 Å². The molecule has 0 aromatic rings. The lowest BCUT2D eigenvalue weighted by Crippen LogP contribution is -2.37. The maximum absolute atomic E-state index is 12.6. The first-order valence-electron chi connectivity index (χ1n) is 20.5. The summed E-state index contributed by atoms with van der Waals surface area (Å²) >= 11 is 0. The normalized spacial score (nSPS) is 14.5. The van der Waals surface area contributed by atoms with E-state index in [1.807, 2.05) is 33.3 Å². The number of esters is 1. The molecule has 0 rings (SSSR count). The van der Waals surface area contributed by atoms with Crippen molar-refractivity contribution in [1.29, 1.82) is 0 Å². The Balaban J connectivity index is 4.36. The quantitative estimate of drug-likeness (QED) is 0.0205. The molecule has 0 aliphatic carbocycles. The van der Waals surface area contributed by atoms with E-state index in [1.54, 1.807) is 0 Å². The molecule has 0 aromatic carbocycles. The van der Waals surface area contributed by atoms with Gasteiger partial charge < -0.3 is 27.9 Å². The van der Waals surface area contributed by atoms with Crippen LogP contribution in [-0.4, -0.2) is 70.7 Å². The van der Waals surface area contributed by atoms with Crippen molar-refractivity contribution >= 4 is 13.8 Å². The summed E-state index contributed by atoms with van der Waals surface area (Å²) in [6.07, 6.45) is 44.0. The second-order valence-electron chi connectivity index (χ2n) is 14.6. The second-order valence-corrected chi connectivity index (χ2v) is 16.0. The van der Waals surface area contributed by atoms with Crippen molar-refractivity contribution in [3.63, 3.8) is 0 Å². The SMILES string of the molecule is CC/C=C\C/C=C\C/C=C\C/C=C\CCC(=O)OC(COCCCCCCCC/C=C\CCCCCCCCC)COP(=O)([O-])OCC[N+](C)(C)C. The van der Waals surface area contributed by atoms with E-state index in [4.69, 9.17) is 18.5 Å². The zero-order chi connectivity index (χ0) is 38.4. The van der Waals surface area contributed by atoms with Gasteiger partial charge in [-0.2, -0.15) is 0 Å². The van der Waals surface area contributed by atoms with Gasteiger partial charge >= 0.3 is 5.97 Å². The molecule has 2 atom stereocenters. The Hall–Kier alpha value is -1.80. The average Bonchev–Trinajstić information content (AvgIpc) is 3.09. The summed E-state index contributed by atoms with van der Waals surface area (Å²) in [4.78, 5) is 24.9. The number of phosphoric acid groups is 1. The summed E-state index contributed by atoms with van der Waals surface area (Å²) in [5.41, 5.74) is 0. The summed E-state index contributed by atoms with van der Waals surface area (Å²) < 4.78 is 34.4. The van der Waals surface area contributed by atoms with Gasteiger partial charge in [0.2, 0.25) is 0 Å². The molecular weight excluding hydrogens is 673 g/mol. The van der Waals surface area contributed by atoms with Crippen molar-refractivity contribution in [2.75, 3.05) is 54.1 Å². The molecule has 52 heavy (non-hydrogen) atoms. The number of phosphoric ester groups is 1. The minimum Gasteiger partial charge on any atom is -0.756 e. The highest BCUT2D eigenvalue weighted by molar-refractivity contribution is 7.45. The maximum atomic E-state index is 12.6. The molecule has 0 aliphatic heterocycles. The van der Waals surface area contributed by atoms with E-state index in [9.17, 15) is 14.3 Å². The van der Waals surface area contributed by atoms with Crippen LogP contribution in [0.15, 0.2) is 60.8 Å². The number of carbonyl (C=O) groups excluding carboxylic acids is 1. The van der Waals surface area contributed by atoms with E-state index in [0.29, 0.717) is 24.1 Å². The summed E-state index contributed by atoms with van der Waals surface area (Å²) in [7, 11) is 1.30. The van der Waals surface area contributed by atoms with Gasteiger partial charge in [-0.15, -0.1) is 0 Å². The zero-order valence-corrected chi connectivity index (χ0v) is 34.9. The highest BCUT2D eigenvalue weighted by Crippen LogP contribution is 2.38. The Morgan fingerprint density at radius 2 is 1.12 bits per heavy atom. The molecule has 0 radical (unpaired) electrons. The zero-order valence-electron chi connectivity index (χ0n) is 34.0. The lowest BCUT2D eigenvalue weighted by atomic mass is 10.1. The number of ether oxygens (including phenoxy) is 2. The molecule has 302 valence electrons. The van der Waals surface area contributed by atoms with Crippen LogP contribution < -0.4 is 4.89 Å². The molecule has 0 heterocycles. The molecule has 0 saturated heterocycles. The van der Waals surface area contributed by atoms with E-state index in [1.165, 1.54) is 77.0 Å². The van der Waals surface area contributed by atoms with Crippen LogP contribution in [0.1, 0.15) is 149 Å². The van der Waals surface area contributed by atoms with Gasteiger partial charge in [-0.1, -0.05) is 139 Å². The van der Waals surface area contributed by atoms with E-state index in [0.717, 1.165) is 44.9 Å². The molecule has 0 amide bonds. The molecular formula is C43H78NO7P. The fraction of sp³-hybridized carbons (Fsp3) is 0.744. The molecule has 0 aromatic heterocycles. The second kappa shape index (κ2) is 36.2. The first-order chi connectivity index (χ1) is 25.1. The molecule has 0 bridgehead atoms. The van der Waals surface area contributed by atoms with Gasteiger partial charge in [-0.25, -0.2) is 0 Å². The van der Waals surface area contributed by atoms with Crippen LogP contribution in [0.3, 0.4) is 0 Å². The fourth-order valence-electron chi connectivity index (χ4n) is 5.14. The maximum Gasteiger partial charge on any atom is 0.306 e. The van der Waals surface area contributed by atoms with Gasteiger partial charge in [0.1, 0.15) is 19.3 Å². The minimum absolute atomic E-state index is 0.0100. The number of rotatable bonds is 37. The topological polar surface area (TPSA) is 94.1 Å². The largest absolute Gasteiger partial charge is 0.756 e. The number of nitrogens with zero attached hydrogens (tertiary/aromatic N) is 1. The summed E-state index contributed by atoms with van der Waals surface area (Å²) in [5, 5.41) is 0. The van der Waals surface area contributed by atoms with Crippen molar-refractivity contribution in [1.82, 2.24) is 0 Å². The summed E-state index contributed by atoms with van der Waals surface area (Å²) in [6, 6.07) is 0. The summed E-state index contributed by atoms with van der Waals surface area (Å²) in [5.74, 6) is -0.418. The van der Waals surface area contributed by atoms with Crippen LogP contribution >= 0.6 is 7.82 Å². The van der Waals surface area contributed by atoms with Gasteiger partial charge in [0.25, 0.3) is 7.82 Å². The number of likely N-dealkylation sites (N-methyl/N-ethyl adjacent to an activating group) is 1.